The van der Waals surface area contributed by atoms with Crippen molar-refractivity contribution in [2.24, 2.45) is 11.8 Å². The minimum Gasteiger partial charge on any atom is -0.479 e. The number of nitrogens with zero attached hydrogens (tertiary/aromatic N) is 1. The van der Waals surface area contributed by atoms with Gasteiger partial charge in [0.1, 0.15) is 6.10 Å². The van der Waals surface area contributed by atoms with E-state index in [-0.39, 0.29) is 5.91 Å². The number of carboxylic acid groups (broad SMARTS) is 1. The third kappa shape index (κ3) is 3.51. The Morgan fingerprint density at radius 1 is 1.10 bits per heavy atom. The molecule has 1 amide bonds. The highest BCUT2D eigenvalue weighted by Crippen LogP contribution is 2.27. The first-order valence-electron chi connectivity index (χ1n) is 7.66. The number of carbonyl (C=O) groups excluding carboxylic acids is 1. The van der Waals surface area contributed by atoms with Gasteiger partial charge in [-0.15, -0.1) is 0 Å². The van der Waals surface area contributed by atoms with E-state index in [1.54, 1.807) is 0 Å². The first-order valence-corrected chi connectivity index (χ1v) is 7.66. The minimum atomic E-state index is -0.962. The van der Waals surface area contributed by atoms with Crippen molar-refractivity contribution < 1.29 is 19.4 Å². The number of likely N-dealkylation sites (tertiary alicyclic amines) is 1. The van der Waals surface area contributed by atoms with Crippen molar-refractivity contribution in [3.8, 4) is 0 Å². The van der Waals surface area contributed by atoms with Gasteiger partial charge in [-0.25, -0.2) is 4.79 Å². The van der Waals surface area contributed by atoms with E-state index < -0.39 is 18.2 Å². The third-order valence-corrected chi connectivity index (χ3v) is 4.60. The molecule has 3 atom stereocenters. The van der Waals surface area contributed by atoms with Crippen LogP contribution in [-0.2, 0) is 14.3 Å². The van der Waals surface area contributed by atoms with Crippen LogP contribution in [0.15, 0.2) is 0 Å². The fraction of sp³-hybridized carbons (Fsp3) is 0.867. The van der Waals surface area contributed by atoms with Gasteiger partial charge < -0.3 is 14.7 Å². The van der Waals surface area contributed by atoms with Gasteiger partial charge in [-0.2, -0.15) is 0 Å². The Labute approximate surface area is 120 Å². The van der Waals surface area contributed by atoms with Crippen molar-refractivity contribution in [3.05, 3.63) is 0 Å². The van der Waals surface area contributed by atoms with E-state index in [1.807, 2.05) is 4.90 Å². The molecule has 114 valence electrons. The number of aliphatic carboxylic acids is 1. The van der Waals surface area contributed by atoms with Gasteiger partial charge in [0.05, 0.1) is 0 Å². The highest BCUT2D eigenvalue weighted by atomic mass is 16.5. The lowest BCUT2D eigenvalue weighted by atomic mass is 9.89. The van der Waals surface area contributed by atoms with E-state index in [4.69, 9.17) is 9.84 Å². The number of ether oxygens (including phenoxy) is 1. The number of amides is 1. The topological polar surface area (TPSA) is 66.8 Å². The van der Waals surface area contributed by atoms with Crippen LogP contribution in [0.3, 0.4) is 0 Å². The van der Waals surface area contributed by atoms with Crippen LogP contribution in [0.25, 0.3) is 0 Å². The highest BCUT2D eigenvalue weighted by molar-refractivity contribution is 5.82. The highest BCUT2D eigenvalue weighted by Gasteiger charge is 2.37. The Hall–Kier alpha value is -1.10. The summed E-state index contributed by atoms with van der Waals surface area (Å²) in [6.07, 6.45) is 2.85. The summed E-state index contributed by atoms with van der Waals surface area (Å²) < 4.78 is 5.36. The van der Waals surface area contributed by atoms with Gasteiger partial charge in [0.25, 0.3) is 5.91 Å². The van der Waals surface area contributed by atoms with Gasteiger partial charge in [-0.05, 0) is 43.9 Å². The quantitative estimate of drug-likeness (QED) is 0.859. The summed E-state index contributed by atoms with van der Waals surface area (Å²) in [5.41, 5.74) is 0. The van der Waals surface area contributed by atoms with Crippen LogP contribution in [0.5, 0.6) is 0 Å². The van der Waals surface area contributed by atoms with Crippen molar-refractivity contribution in [2.45, 2.75) is 58.2 Å². The molecule has 2 saturated heterocycles. The first kappa shape index (κ1) is 15.3. The van der Waals surface area contributed by atoms with Gasteiger partial charge >= 0.3 is 5.97 Å². The maximum Gasteiger partial charge on any atom is 0.332 e. The van der Waals surface area contributed by atoms with Crippen LogP contribution in [0.2, 0.25) is 0 Å². The van der Waals surface area contributed by atoms with Crippen molar-refractivity contribution >= 4 is 11.9 Å². The third-order valence-electron chi connectivity index (χ3n) is 4.60. The summed E-state index contributed by atoms with van der Waals surface area (Å²) in [5.74, 6) is 0.363. The van der Waals surface area contributed by atoms with Crippen molar-refractivity contribution in [1.29, 1.82) is 0 Å². The Kier molecular flexibility index (Phi) is 5.02. The zero-order valence-electron chi connectivity index (χ0n) is 12.4. The van der Waals surface area contributed by atoms with Crippen LogP contribution < -0.4 is 0 Å². The number of hydrogen-bond acceptors (Lipinski definition) is 3. The number of carbonyl (C=O) groups is 2. The Morgan fingerprint density at radius 3 is 2.40 bits per heavy atom. The standard InChI is InChI=1S/C15H25NO4/c1-10(2)11-4-3-8-16(9-7-11)14(17)12-5-6-13(20-12)15(18)19/h10-13H,3-9H2,1-2H3,(H,18,19). The normalized spacial score (nSPS) is 31.4. The van der Waals surface area contributed by atoms with Gasteiger partial charge in [0.15, 0.2) is 6.10 Å². The van der Waals surface area contributed by atoms with E-state index in [9.17, 15) is 9.59 Å². The summed E-state index contributed by atoms with van der Waals surface area (Å²) in [4.78, 5) is 25.1. The molecule has 5 heteroatoms. The predicted molar refractivity (Wildman–Crippen MR) is 74.3 cm³/mol. The van der Waals surface area contributed by atoms with Crippen molar-refractivity contribution in [2.75, 3.05) is 13.1 Å². The summed E-state index contributed by atoms with van der Waals surface area (Å²) >= 11 is 0. The molecular formula is C15H25NO4. The monoisotopic (exact) mass is 283 g/mol. The van der Waals surface area contributed by atoms with Crippen molar-refractivity contribution in [3.63, 3.8) is 0 Å². The Morgan fingerprint density at radius 2 is 1.80 bits per heavy atom. The molecule has 0 bridgehead atoms. The largest absolute Gasteiger partial charge is 0.479 e. The molecular weight excluding hydrogens is 258 g/mol. The van der Waals surface area contributed by atoms with Gasteiger partial charge in [-0.1, -0.05) is 13.8 Å². The molecule has 3 unspecified atom stereocenters. The minimum absolute atomic E-state index is 0.0156. The van der Waals surface area contributed by atoms with Crippen LogP contribution in [0.1, 0.15) is 46.0 Å². The van der Waals surface area contributed by atoms with Crippen LogP contribution in [-0.4, -0.2) is 47.2 Å². The van der Waals surface area contributed by atoms with Crippen LogP contribution in [0, 0.1) is 11.8 Å². The maximum atomic E-state index is 12.4. The average Bonchev–Trinajstić information content (AvgIpc) is 2.76. The summed E-state index contributed by atoms with van der Waals surface area (Å²) in [5, 5.41) is 8.91. The van der Waals surface area contributed by atoms with Crippen LogP contribution >= 0.6 is 0 Å². The number of hydrogen-bond donors (Lipinski definition) is 1. The maximum absolute atomic E-state index is 12.4. The molecule has 2 aliphatic heterocycles. The average molecular weight is 283 g/mol. The lowest BCUT2D eigenvalue weighted by Crippen LogP contribution is -2.40. The SMILES string of the molecule is CC(C)C1CCCN(C(=O)C2CCC(C(=O)O)O2)CC1. The molecule has 20 heavy (non-hydrogen) atoms. The van der Waals surface area contributed by atoms with E-state index in [0.29, 0.717) is 24.7 Å². The predicted octanol–water partition coefficient (Wildman–Crippen LogP) is 1.90. The Balaban J connectivity index is 1.88. The van der Waals surface area contributed by atoms with Crippen LogP contribution in [0.4, 0.5) is 0 Å². The molecule has 0 radical (unpaired) electrons. The summed E-state index contributed by atoms with van der Waals surface area (Å²) in [7, 11) is 0. The van der Waals surface area contributed by atoms with Gasteiger partial charge in [0.2, 0.25) is 0 Å². The van der Waals surface area contributed by atoms with Gasteiger partial charge in [-0.3, -0.25) is 4.79 Å². The molecule has 0 saturated carbocycles. The first-order chi connectivity index (χ1) is 9.49. The molecule has 0 aromatic rings. The molecule has 5 nitrogen and oxygen atoms in total. The molecule has 2 heterocycles. The fourth-order valence-electron chi connectivity index (χ4n) is 3.21. The second-order valence-corrected chi connectivity index (χ2v) is 6.29. The van der Waals surface area contributed by atoms with E-state index >= 15 is 0 Å². The fourth-order valence-corrected chi connectivity index (χ4v) is 3.21. The summed E-state index contributed by atoms with van der Waals surface area (Å²) in [6.45, 7) is 6.03. The number of carboxylic acids is 1. The zero-order chi connectivity index (χ0) is 14.7. The van der Waals surface area contributed by atoms with E-state index in [0.717, 1.165) is 25.9 Å². The van der Waals surface area contributed by atoms with Crippen molar-refractivity contribution in [1.82, 2.24) is 4.90 Å². The molecule has 0 aromatic heterocycles. The molecule has 2 aliphatic rings. The molecule has 0 spiro atoms. The second kappa shape index (κ2) is 6.57. The number of rotatable bonds is 3. The molecule has 0 aliphatic carbocycles. The van der Waals surface area contributed by atoms with E-state index in [1.165, 1.54) is 6.42 Å². The molecule has 2 fully saturated rings. The van der Waals surface area contributed by atoms with Gasteiger partial charge in [0, 0.05) is 13.1 Å². The van der Waals surface area contributed by atoms with E-state index in [2.05, 4.69) is 13.8 Å². The molecule has 1 N–H and O–H groups in total. The molecule has 0 aromatic carbocycles. The zero-order valence-corrected chi connectivity index (χ0v) is 12.4. The Bertz CT molecular complexity index is 369. The second-order valence-electron chi connectivity index (χ2n) is 6.29. The molecule has 2 rings (SSSR count). The lowest BCUT2D eigenvalue weighted by Gasteiger charge is -2.24. The smallest absolute Gasteiger partial charge is 0.332 e. The lowest BCUT2D eigenvalue weighted by molar-refractivity contribution is -0.154. The summed E-state index contributed by atoms with van der Waals surface area (Å²) in [6, 6.07) is 0.